The van der Waals surface area contributed by atoms with Crippen LogP contribution in [0.2, 0.25) is 5.02 Å². The molecule has 3 amide bonds. The Balaban J connectivity index is 1.19. The van der Waals surface area contributed by atoms with Crippen molar-refractivity contribution in [1.29, 1.82) is 0 Å². The molecule has 3 heterocycles. The molecule has 1 saturated heterocycles. The van der Waals surface area contributed by atoms with E-state index in [4.69, 9.17) is 21.5 Å². The first kappa shape index (κ1) is 42.6. The molecule has 0 spiro atoms. The second kappa shape index (κ2) is 19.1. The predicted molar refractivity (Wildman–Crippen MR) is 210 cm³/mol. The Morgan fingerprint density at radius 3 is 2.38 bits per heavy atom. The lowest BCUT2D eigenvalue weighted by Crippen LogP contribution is -3.09. The zero-order valence-corrected chi connectivity index (χ0v) is 33.8. The number of anilines is 1. The highest BCUT2D eigenvalue weighted by atomic mass is 35.5. The number of carbonyl (C=O) groups is 3. The third-order valence-electron chi connectivity index (χ3n) is 10.3. The number of quaternary nitrogens is 1. The quantitative estimate of drug-likeness (QED) is 0.157. The topological polar surface area (TPSA) is 162 Å². The molecule has 18 heteroatoms. The number of nitrogens with one attached hydrogen (secondary N) is 2. The van der Waals surface area contributed by atoms with Crippen LogP contribution in [0.15, 0.2) is 42.7 Å². The maximum Gasteiger partial charge on any atom is 0.291 e. The van der Waals surface area contributed by atoms with Crippen molar-refractivity contribution in [1.82, 2.24) is 29.1 Å². The summed E-state index contributed by atoms with van der Waals surface area (Å²) in [5, 5.41) is 12.5. The number of rotatable bonds is 16. The maximum atomic E-state index is 15.6. The molecule has 4 N–H and O–H groups in total. The van der Waals surface area contributed by atoms with Crippen molar-refractivity contribution >= 4 is 46.0 Å². The molecule has 1 aliphatic heterocycles. The molecular formula is C38H49ClF2N9O5S+. The van der Waals surface area contributed by atoms with Gasteiger partial charge in [0, 0.05) is 80.7 Å². The highest BCUT2D eigenvalue weighted by Gasteiger charge is 2.30. The van der Waals surface area contributed by atoms with Crippen LogP contribution in [0.4, 0.5) is 14.5 Å². The van der Waals surface area contributed by atoms with Gasteiger partial charge in [-0.25, -0.2) is 18.0 Å². The zero-order chi connectivity index (χ0) is 40.7. The summed E-state index contributed by atoms with van der Waals surface area (Å²) < 4.78 is 50.3. The monoisotopic (exact) mass is 816 g/mol. The van der Waals surface area contributed by atoms with E-state index >= 15 is 8.78 Å². The van der Waals surface area contributed by atoms with Gasteiger partial charge in [0.15, 0.2) is 17.5 Å². The minimum atomic E-state index is -1.34. The molecular weight excluding hydrogens is 768 g/mol. The molecule has 3 atom stereocenters. The van der Waals surface area contributed by atoms with Gasteiger partial charge in [-0.05, 0) is 37.6 Å². The molecule has 0 aliphatic carbocycles. The van der Waals surface area contributed by atoms with E-state index < -0.39 is 28.5 Å². The Hall–Kier alpha value is -4.55. The van der Waals surface area contributed by atoms with E-state index in [-0.39, 0.29) is 51.0 Å². The first-order chi connectivity index (χ1) is 26.7. The Labute approximate surface area is 332 Å². The number of methoxy groups -OCH3 is 1. The van der Waals surface area contributed by atoms with Crippen molar-refractivity contribution in [3.05, 3.63) is 76.5 Å². The molecule has 1 aliphatic rings. The largest absolute Gasteiger partial charge is 0.383 e. The molecule has 0 bridgehead atoms. The molecule has 0 saturated carbocycles. The average molecular weight is 817 g/mol. The number of piperazine rings is 1. The van der Waals surface area contributed by atoms with Crippen LogP contribution in [0.3, 0.4) is 0 Å². The second-order valence-corrected chi connectivity index (χ2v) is 15.5. The fourth-order valence-corrected chi connectivity index (χ4v) is 7.59. The normalized spacial score (nSPS) is 14.8. The molecule has 5 rings (SSSR count). The van der Waals surface area contributed by atoms with Crippen molar-refractivity contribution < 1.29 is 37.0 Å². The average Bonchev–Trinajstić information content (AvgIpc) is 3.75. The van der Waals surface area contributed by atoms with E-state index in [9.17, 15) is 18.6 Å². The lowest BCUT2D eigenvalue weighted by Gasteiger charge is -2.36. The summed E-state index contributed by atoms with van der Waals surface area (Å²) in [5.74, 6) is -2.79. The van der Waals surface area contributed by atoms with Gasteiger partial charge in [-0.1, -0.05) is 24.6 Å². The molecule has 0 radical (unpaired) electrons. The number of carbonyl (C=O) groups excluding carboxylic acids is 3. The van der Waals surface area contributed by atoms with Crippen molar-refractivity contribution in [2.75, 3.05) is 71.1 Å². The van der Waals surface area contributed by atoms with E-state index in [1.807, 2.05) is 14.0 Å². The van der Waals surface area contributed by atoms with Crippen LogP contribution in [0.1, 0.15) is 46.4 Å². The van der Waals surface area contributed by atoms with Crippen molar-refractivity contribution in [3.8, 4) is 22.4 Å². The Bertz CT molecular complexity index is 2090. The Kier molecular flexibility index (Phi) is 14.5. The maximum absolute atomic E-state index is 15.6. The fraction of sp³-hybridized carbons (Fsp3) is 0.447. The number of amides is 3. The van der Waals surface area contributed by atoms with Crippen LogP contribution < -0.4 is 15.4 Å². The number of imidazole rings is 1. The summed E-state index contributed by atoms with van der Waals surface area (Å²) in [6, 6.07) is 7.44. The number of nitrogens with two attached hydrogens (primary N) is 1. The first-order valence-electron chi connectivity index (χ1n) is 18.4. The van der Waals surface area contributed by atoms with E-state index in [2.05, 4.69) is 15.4 Å². The minimum absolute atomic E-state index is 0.0567. The van der Waals surface area contributed by atoms with E-state index in [0.717, 1.165) is 6.54 Å². The molecule has 2 aromatic heterocycles. The van der Waals surface area contributed by atoms with Gasteiger partial charge in [0.2, 0.25) is 5.91 Å². The second-order valence-electron chi connectivity index (χ2n) is 13.9. The molecule has 1 fully saturated rings. The lowest BCUT2D eigenvalue weighted by atomic mass is 9.99. The molecule has 4 aromatic rings. The third kappa shape index (κ3) is 9.69. The third-order valence-corrected chi connectivity index (χ3v) is 11.2. The van der Waals surface area contributed by atoms with Crippen molar-refractivity contribution in [2.24, 2.45) is 18.1 Å². The smallest absolute Gasteiger partial charge is 0.291 e. The van der Waals surface area contributed by atoms with Crippen LogP contribution in [0.5, 0.6) is 0 Å². The molecule has 302 valence electrons. The summed E-state index contributed by atoms with van der Waals surface area (Å²) in [4.78, 5) is 48.9. The van der Waals surface area contributed by atoms with Crippen LogP contribution in [-0.4, -0.2) is 117 Å². The van der Waals surface area contributed by atoms with Crippen LogP contribution in [-0.2, 0) is 34.1 Å². The van der Waals surface area contributed by atoms with Crippen LogP contribution in [0, 0.1) is 24.5 Å². The number of hydrogen-bond donors (Lipinski definition) is 3. The number of halogens is 3. The summed E-state index contributed by atoms with van der Waals surface area (Å²) in [6.45, 7) is 7.55. The molecule has 3 unspecified atom stereocenters. The van der Waals surface area contributed by atoms with E-state index in [0.29, 0.717) is 81.4 Å². The Morgan fingerprint density at radius 1 is 1.04 bits per heavy atom. The number of benzene rings is 2. The number of ether oxygens (including phenoxy) is 1. The minimum Gasteiger partial charge on any atom is -0.383 e. The van der Waals surface area contributed by atoms with Gasteiger partial charge in [-0.15, -0.1) is 0 Å². The van der Waals surface area contributed by atoms with E-state index in [1.54, 1.807) is 34.6 Å². The predicted octanol–water partition coefficient (Wildman–Crippen LogP) is 2.93. The Morgan fingerprint density at radius 2 is 1.71 bits per heavy atom. The van der Waals surface area contributed by atoms with Gasteiger partial charge in [0.05, 0.1) is 78.7 Å². The molecule has 56 heavy (non-hydrogen) atoms. The summed E-state index contributed by atoms with van der Waals surface area (Å²) in [6.07, 6.45) is 4.18. The summed E-state index contributed by atoms with van der Waals surface area (Å²) in [5.41, 5.74) is 1.83. The zero-order valence-electron chi connectivity index (χ0n) is 32.2. The van der Waals surface area contributed by atoms with Gasteiger partial charge in [-0.2, -0.15) is 5.10 Å². The van der Waals surface area contributed by atoms with E-state index in [1.165, 1.54) is 53.2 Å². The first-order valence-corrected chi connectivity index (χ1v) is 20.2. The lowest BCUT2D eigenvalue weighted by molar-refractivity contribution is -0.877. The SMILES string of the molecule is CCC(CC[NH+](C)CCS(N)=O)C(=O)N1CCN(C(=O)c2ccc(NC(=O)c3ncc(-c4ccc(-c5cnn(CCOC)c5C)c(F)c4F)n3C)cc2Cl)CC1. The summed E-state index contributed by atoms with van der Waals surface area (Å²) >= 11 is 6.55. The van der Waals surface area contributed by atoms with Crippen LogP contribution in [0.25, 0.3) is 22.4 Å². The van der Waals surface area contributed by atoms with Crippen LogP contribution >= 0.6 is 11.6 Å². The number of nitrogens with zero attached hydrogens (tertiary/aromatic N) is 6. The highest BCUT2D eigenvalue weighted by Crippen LogP contribution is 2.33. The summed E-state index contributed by atoms with van der Waals surface area (Å²) in [7, 11) is 3.74. The van der Waals surface area contributed by atoms with Gasteiger partial charge < -0.3 is 29.3 Å². The van der Waals surface area contributed by atoms with Crippen molar-refractivity contribution in [3.63, 3.8) is 0 Å². The molecule has 14 nitrogen and oxygen atoms in total. The number of aromatic nitrogens is 4. The standard InChI is InChI=1S/C38H48ClF2N9O5S/c1-6-25(11-12-46(3)18-20-56(42)54)37(52)48-13-15-49(16-14-48)38(53)28-8-7-26(21-31(28)39)45-36(51)35-43-23-32(47(35)4)29-10-9-27(33(40)34(29)41)30-22-44-50(24(30)2)17-19-55-5/h7-10,21-23,25H,6,11-20,42H2,1-5H3,(H,45,51)/p+1. The van der Waals surface area contributed by atoms with Gasteiger partial charge in [-0.3, -0.25) is 24.2 Å². The number of hydrogen-bond acceptors (Lipinski definition) is 7. The van der Waals surface area contributed by atoms with Gasteiger partial charge >= 0.3 is 0 Å². The highest BCUT2D eigenvalue weighted by molar-refractivity contribution is 7.82. The van der Waals surface area contributed by atoms with Gasteiger partial charge in [0.1, 0.15) is 0 Å². The molecule has 2 aromatic carbocycles. The van der Waals surface area contributed by atoms with Gasteiger partial charge in [0.25, 0.3) is 11.8 Å². The van der Waals surface area contributed by atoms with Crippen molar-refractivity contribution in [2.45, 2.75) is 33.2 Å². The fourth-order valence-electron chi connectivity index (χ4n) is 6.77.